The first-order valence-electron chi connectivity index (χ1n) is 6.79. The molecule has 0 saturated carbocycles. The quantitative estimate of drug-likeness (QED) is 0.861. The Balaban J connectivity index is 2.38. The molecule has 0 bridgehead atoms. The zero-order valence-corrected chi connectivity index (χ0v) is 13.0. The molecule has 2 aromatic rings. The standard InChI is InChI=1S/C16H19NO3S/c1-3-17(12-14-7-5-4-6-8-14)16-11-15(21(18,19)20)10-9-13(16)2/h4-11H,3,12H2,1-2H3,(H,18,19,20). The molecular formula is C16H19NO3S. The van der Waals surface area contributed by atoms with Crippen molar-refractivity contribution in [2.75, 3.05) is 11.4 Å². The Morgan fingerprint density at radius 3 is 2.33 bits per heavy atom. The van der Waals surface area contributed by atoms with E-state index in [1.165, 1.54) is 12.1 Å². The van der Waals surface area contributed by atoms with Gasteiger partial charge in [0.05, 0.1) is 4.90 Å². The van der Waals surface area contributed by atoms with Crippen LogP contribution in [0, 0.1) is 6.92 Å². The molecule has 0 fully saturated rings. The third-order valence-corrected chi connectivity index (χ3v) is 4.27. The van der Waals surface area contributed by atoms with E-state index < -0.39 is 10.1 Å². The van der Waals surface area contributed by atoms with Crippen molar-refractivity contribution in [1.82, 2.24) is 0 Å². The molecule has 0 aliphatic carbocycles. The average molecular weight is 305 g/mol. The van der Waals surface area contributed by atoms with Gasteiger partial charge in [0.15, 0.2) is 0 Å². The lowest BCUT2D eigenvalue weighted by Gasteiger charge is -2.25. The predicted octanol–water partition coefficient (Wildman–Crippen LogP) is 3.27. The molecule has 1 N–H and O–H groups in total. The van der Waals surface area contributed by atoms with Gasteiger partial charge < -0.3 is 4.90 Å². The summed E-state index contributed by atoms with van der Waals surface area (Å²) in [5, 5.41) is 0. The molecule has 0 spiro atoms. The Hall–Kier alpha value is -1.85. The molecule has 0 aliphatic heterocycles. The van der Waals surface area contributed by atoms with Gasteiger partial charge in [0.2, 0.25) is 0 Å². The third-order valence-electron chi connectivity index (χ3n) is 3.42. The normalized spacial score (nSPS) is 11.4. The molecule has 0 amide bonds. The Morgan fingerprint density at radius 1 is 1.10 bits per heavy atom. The number of hydrogen-bond donors (Lipinski definition) is 1. The topological polar surface area (TPSA) is 57.6 Å². The third kappa shape index (κ3) is 3.83. The number of rotatable bonds is 5. The summed E-state index contributed by atoms with van der Waals surface area (Å²) in [5.74, 6) is 0. The van der Waals surface area contributed by atoms with Gasteiger partial charge in [-0.3, -0.25) is 4.55 Å². The van der Waals surface area contributed by atoms with E-state index in [-0.39, 0.29) is 4.90 Å². The highest BCUT2D eigenvalue weighted by atomic mass is 32.2. The van der Waals surface area contributed by atoms with Gasteiger partial charge in [0.1, 0.15) is 0 Å². The van der Waals surface area contributed by atoms with Crippen molar-refractivity contribution in [3.63, 3.8) is 0 Å². The fourth-order valence-electron chi connectivity index (χ4n) is 2.26. The zero-order chi connectivity index (χ0) is 15.5. The summed E-state index contributed by atoms with van der Waals surface area (Å²) in [6, 6.07) is 14.6. The van der Waals surface area contributed by atoms with Crippen molar-refractivity contribution in [2.24, 2.45) is 0 Å². The van der Waals surface area contributed by atoms with Crippen LogP contribution >= 0.6 is 0 Å². The maximum Gasteiger partial charge on any atom is 0.294 e. The molecule has 0 heterocycles. The molecule has 0 unspecified atom stereocenters. The van der Waals surface area contributed by atoms with Crippen molar-refractivity contribution < 1.29 is 13.0 Å². The second kappa shape index (κ2) is 6.28. The van der Waals surface area contributed by atoms with E-state index in [1.54, 1.807) is 6.07 Å². The maximum absolute atomic E-state index is 11.3. The van der Waals surface area contributed by atoms with Gasteiger partial charge in [0, 0.05) is 18.8 Å². The highest BCUT2D eigenvalue weighted by molar-refractivity contribution is 7.85. The second-order valence-corrected chi connectivity index (χ2v) is 6.34. The zero-order valence-electron chi connectivity index (χ0n) is 12.2. The van der Waals surface area contributed by atoms with Gasteiger partial charge in [-0.2, -0.15) is 8.42 Å². The molecule has 21 heavy (non-hydrogen) atoms. The van der Waals surface area contributed by atoms with Gasteiger partial charge in [0.25, 0.3) is 10.1 Å². The molecule has 0 aromatic heterocycles. The smallest absolute Gasteiger partial charge is 0.294 e. The van der Waals surface area contributed by atoms with Crippen LogP contribution in [0.3, 0.4) is 0 Å². The molecule has 4 nitrogen and oxygen atoms in total. The lowest BCUT2D eigenvalue weighted by molar-refractivity contribution is 0.483. The van der Waals surface area contributed by atoms with Crippen LogP contribution in [0.25, 0.3) is 0 Å². The van der Waals surface area contributed by atoms with Crippen molar-refractivity contribution in [1.29, 1.82) is 0 Å². The number of nitrogens with zero attached hydrogens (tertiary/aromatic N) is 1. The van der Waals surface area contributed by atoms with Gasteiger partial charge in [-0.05, 0) is 37.1 Å². The van der Waals surface area contributed by atoms with Crippen LogP contribution in [0.2, 0.25) is 0 Å². The molecule has 5 heteroatoms. The van der Waals surface area contributed by atoms with Crippen LogP contribution in [0.5, 0.6) is 0 Å². The molecular weight excluding hydrogens is 286 g/mol. The van der Waals surface area contributed by atoms with Crippen molar-refractivity contribution >= 4 is 15.8 Å². The van der Waals surface area contributed by atoms with Crippen LogP contribution in [-0.2, 0) is 16.7 Å². The Bertz CT molecular complexity index is 712. The van der Waals surface area contributed by atoms with Gasteiger partial charge in [-0.1, -0.05) is 36.4 Å². The lowest BCUT2D eigenvalue weighted by atomic mass is 10.1. The molecule has 0 saturated heterocycles. The van der Waals surface area contributed by atoms with E-state index in [4.69, 9.17) is 0 Å². The Morgan fingerprint density at radius 2 is 1.76 bits per heavy atom. The van der Waals surface area contributed by atoms with Gasteiger partial charge >= 0.3 is 0 Å². The first-order chi connectivity index (χ1) is 9.91. The van der Waals surface area contributed by atoms with Crippen LogP contribution in [-0.4, -0.2) is 19.5 Å². The van der Waals surface area contributed by atoms with E-state index >= 15 is 0 Å². The largest absolute Gasteiger partial charge is 0.367 e. The minimum absolute atomic E-state index is 0.0744. The fourth-order valence-corrected chi connectivity index (χ4v) is 2.76. The summed E-state index contributed by atoms with van der Waals surface area (Å²) in [5.41, 5.74) is 2.94. The Labute approximate surface area is 125 Å². The lowest BCUT2D eigenvalue weighted by Crippen LogP contribution is -2.23. The summed E-state index contributed by atoms with van der Waals surface area (Å²) < 4.78 is 31.8. The second-order valence-electron chi connectivity index (χ2n) is 4.92. The summed E-state index contributed by atoms with van der Waals surface area (Å²) in [7, 11) is -4.18. The summed E-state index contributed by atoms with van der Waals surface area (Å²) in [4.78, 5) is 2.01. The first-order valence-corrected chi connectivity index (χ1v) is 8.23. The minimum atomic E-state index is -4.18. The molecule has 2 rings (SSSR count). The highest BCUT2D eigenvalue weighted by Gasteiger charge is 2.14. The van der Waals surface area contributed by atoms with Crippen molar-refractivity contribution in [3.05, 3.63) is 59.7 Å². The van der Waals surface area contributed by atoms with Gasteiger partial charge in [-0.25, -0.2) is 0 Å². The van der Waals surface area contributed by atoms with Crippen LogP contribution in [0.15, 0.2) is 53.4 Å². The van der Waals surface area contributed by atoms with Crippen molar-refractivity contribution in [3.8, 4) is 0 Å². The number of benzene rings is 2. The van der Waals surface area contributed by atoms with E-state index in [2.05, 4.69) is 4.90 Å². The monoisotopic (exact) mass is 305 g/mol. The minimum Gasteiger partial charge on any atom is -0.367 e. The SMILES string of the molecule is CCN(Cc1ccccc1)c1cc(S(=O)(=O)O)ccc1C. The molecule has 0 radical (unpaired) electrons. The maximum atomic E-state index is 11.3. The molecule has 2 aromatic carbocycles. The van der Waals surface area contributed by atoms with Crippen LogP contribution in [0.4, 0.5) is 5.69 Å². The van der Waals surface area contributed by atoms with E-state index in [9.17, 15) is 13.0 Å². The van der Waals surface area contributed by atoms with E-state index in [1.807, 2.05) is 44.2 Å². The summed E-state index contributed by atoms with van der Waals surface area (Å²) in [6.45, 7) is 5.37. The van der Waals surface area contributed by atoms with Crippen LogP contribution < -0.4 is 4.90 Å². The predicted molar refractivity (Wildman–Crippen MR) is 84.2 cm³/mol. The molecule has 0 atom stereocenters. The van der Waals surface area contributed by atoms with Gasteiger partial charge in [-0.15, -0.1) is 0 Å². The number of aryl methyl sites for hydroxylation is 1. The molecule has 112 valence electrons. The summed E-state index contributed by atoms with van der Waals surface area (Å²) in [6.07, 6.45) is 0. The van der Waals surface area contributed by atoms with E-state index in [0.717, 1.165) is 23.4 Å². The summed E-state index contributed by atoms with van der Waals surface area (Å²) >= 11 is 0. The first kappa shape index (κ1) is 15.5. The number of hydrogen-bond acceptors (Lipinski definition) is 3. The fraction of sp³-hybridized carbons (Fsp3) is 0.250. The average Bonchev–Trinajstić information content (AvgIpc) is 2.45. The molecule has 0 aliphatic rings. The van der Waals surface area contributed by atoms with Crippen LogP contribution in [0.1, 0.15) is 18.1 Å². The van der Waals surface area contributed by atoms with E-state index in [0.29, 0.717) is 6.54 Å². The highest BCUT2D eigenvalue weighted by Crippen LogP contribution is 2.25. The Kier molecular flexibility index (Phi) is 4.65. The number of anilines is 1. The van der Waals surface area contributed by atoms with Crippen molar-refractivity contribution in [2.45, 2.75) is 25.3 Å².